The molecule has 0 aromatic heterocycles. The van der Waals surface area contributed by atoms with Gasteiger partial charge in [-0.05, 0) is 37.8 Å². The quantitative estimate of drug-likeness (QED) is 0.909. The summed E-state index contributed by atoms with van der Waals surface area (Å²) < 4.78 is 5.53. The van der Waals surface area contributed by atoms with E-state index in [1.54, 1.807) is 0 Å². The Morgan fingerprint density at radius 1 is 1.48 bits per heavy atom. The van der Waals surface area contributed by atoms with Crippen molar-refractivity contribution in [2.75, 3.05) is 13.2 Å². The molecule has 0 spiro atoms. The van der Waals surface area contributed by atoms with E-state index in [9.17, 15) is 4.79 Å². The molecule has 1 heterocycles. The van der Waals surface area contributed by atoms with Crippen molar-refractivity contribution in [2.45, 2.75) is 44.9 Å². The minimum absolute atomic E-state index is 0.00202. The van der Waals surface area contributed by atoms with E-state index in [-0.39, 0.29) is 24.6 Å². The van der Waals surface area contributed by atoms with Gasteiger partial charge in [0.2, 0.25) is 5.91 Å². The molecular weight excluding hydrogens is 288 g/mol. The number of halogens is 1. The van der Waals surface area contributed by atoms with Crippen LogP contribution in [0.15, 0.2) is 24.3 Å². The highest BCUT2D eigenvalue weighted by Gasteiger charge is 2.28. The van der Waals surface area contributed by atoms with Crippen LogP contribution in [0.4, 0.5) is 0 Å². The minimum Gasteiger partial charge on any atom is -0.367 e. The summed E-state index contributed by atoms with van der Waals surface area (Å²) in [5.41, 5.74) is 6.88. The van der Waals surface area contributed by atoms with Crippen LogP contribution in [0.5, 0.6) is 0 Å². The lowest BCUT2D eigenvalue weighted by Crippen LogP contribution is -2.52. The number of amides is 1. The fourth-order valence-electron chi connectivity index (χ4n) is 2.76. The van der Waals surface area contributed by atoms with Gasteiger partial charge in [-0.3, -0.25) is 4.79 Å². The number of benzene rings is 1. The summed E-state index contributed by atoms with van der Waals surface area (Å²) in [6, 6.07) is 7.63. The number of carbonyl (C=O) groups is 1. The second-order valence-corrected chi connectivity index (χ2v) is 6.00. The molecule has 0 unspecified atom stereocenters. The molecular formula is C16H23ClN2O2. The van der Waals surface area contributed by atoms with Crippen LogP contribution >= 0.6 is 11.6 Å². The van der Waals surface area contributed by atoms with Crippen LogP contribution in [0.1, 0.15) is 31.7 Å². The predicted molar refractivity (Wildman–Crippen MR) is 84.1 cm³/mol. The van der Waals surface area contributed by atoms with Gasteiger partial charge < -0.3 is 15.4 Å². The Labute approximate surface area is 131 Å². The summed E-state index contributed by atoms with van der Waals surface area (Å²) in [4.78, 5) is 14.2. The van der Waals surface area contributed by atoms with Crippen LogP contribution in [-0.2, 0) is 16.1 Å². The standard InChI is InChI=1S/C16H23ClN2O2/c1-12(18)15-8-4-5-9-19(15)16(20)11-21-10-13-6-2-3-7-14(13)17/h2-3,6-7,12,15H,4-5,8-11,18H2,1H3/t12-,15+/m0/s1. The summed E-state index contributed by atoms with van der Waals surface area (Å²) >= 11 is 6.06. The molecule has 0 aliphatic carbocycles. The van der Waals surface area contributed by atoms with Crippen LogP contribution in [0.2, 0.25) is 5.02 Å². The summed E-state index contributed by atoms with van der Waals surface area (Å²) in [5.74, 6) is 0.0176. The van der Waals surface area contributed by atoms with Gasteiger partial charge in [0, 0.05) is 23.7 Å². The Bertz CT molecular complexity index is 479. The normalized spacial score (nSPS) is 20.3. The maximum absolute atomic E-state index is 12.3. The number of nitrogens with zero attached hydrogens (tertiary/aromatic N) is 1. The van der Waals surface area contributed by atoms with Gasteiger partial charge in [-0.1, -0.05) is 29.8 Å². The van der Waals surface area contributed by atoms with E-state index < -0.39 is 0 Å². The predicted octanol–water partition coefficient (Wildman–Crippen LogP) is 2.58. The highest BCUT2D eigenvalue weighted by molar-refractivity contribution is 6.31. The van der Waals surface area contributed by atoms with Gasteiger partial charge >= 0.3 is 0 Å². The molecule has 1 aromatic carbocycles. The zero-order chi connectivity index (χ0) is 15.2. The molecule has 1 aliphatic heterocycles. The van der Waals surface area contributed by atoms with E-state index in [1.807, 2.05) is 36.1 Å². The third kappa shape index (κ3) is 4.43. The van der Waals surface area contributed by atoms with E-state index >= 15 is 0 Å². The Kier molecular flexibility index (Phi) is 6.03. The lowest BCUT2D eigenvalue weighted by Gasteiger charge is -2.38. The highest BCUT2D eigenvalue weighted by atomic mass is 35.5. The summed E-state index contributed by atoms with van der Waals surface area (Å²) in [7, 11) is 0. The van der Waals surface area contributed by atoms with E-state index in [0.29, 0.717) is 11.6 Å². The number of nitrogens with two attached hydrogens (primary N) is 1. The molecule has 2 rings (SSSR count). The first-order valence-electron chi connectivity index (χ1n) is 7.46. The van der Waals surface area contributed by atoms with Crippen molar-refractivity contribution in [1.82, 2.24) is 4.90 Å². The van der Waals surface area contributed by atoms with E-state index in [2.05, 4.69) is 0 Å². The Morgan fingerprint density at radius 3 is 2.95 bits per heavy atom. The van der Waals surface area contributed by atoms with Gasteiger partial charge in [0.15, 0.2) is 0 Å². The molecule has 2 atom stereocenters. The second-order valence-electron chi connectivity index (χ2n) is 5.59. The molecule has 4 nitrogen and oxygen atoms in total. The first kappa shape index (κ1) is 16.3. The number of piperidine rings is 1. The fourth-order valence-corrected chi connectivity index (χ4v) is 2.95. The fraction of sp³-hybridized carbons (Fsp3) is 0.562. The lowest BCUT2D eigenvalue weighted by atomic mass is 9.97. The molecule has 0 saturated carbocycles. The maximum Gasteiger partial charge on any atom is 0.248 e. The minimum atomic E-state index is -0.00202. The molecule has 1 amide bonds. The Balaban J connectivity index is 1.85. The van der Waals surface area contributed by atoms with Crippen molar-refractivity contribution in [1.29, 1.82) is 0 Å². The number of rotatable bonds is 5. The number of carbonyl (C=O) groups excluding carboxylic acids is 1. The molecule has 5 heteroatoms. The van der Waals surface area contributed by atoms with Gasteiger partial charge in [0.1, 0.15) is 6.61 Å². The molecule has 116 valence electrons. The van der Waals surface area contributed by atoms with Gasteiger partial charge in [0.25, 0.3) is 0 Å². The van der Waals surface area contributed by atoms with E-state index in [4.69, 9.17) is 22.1 Å². The third-order valence-electron chi connectivity index (χ3n) is 3.92. The monoisotopic (exact) mass is 310 g/mol. The molecule has 0 bridgehead atoms. The van der Waals surface area contributed by atoms with Crippen molar-refractivity contribution in [3.63, 3.8) is 0 Å². The second kappa shape index (κ2) is 7.78. The molecule has 2 N–H and O–H groups in total. The molecule has 21 heavy (non-hydrogen) atoms. The first-order valence-corrected chi connectivity index (χ1v) is 7.83. The Morgan fingerprint density at radius 2 is 2.24 bits per heavy atom. The topological polar surface area (TPSA) is 55.6 Å². The molecule has 1 aromatic rings. The zero-order valence-corrected chi connectivity index (χ0v) is 13.2. The Hall–Kier alpha value is -1.10. The lowest BCUT2D eigenvalue weighted by molar-refractivity contribution is -0.140. The molecule has 1 fully saturated rings. The zero-order valence-electron chi connectivity index (χ0n) is 12.4. The van der Waals surface area contributed by atoms with Crippen LogP contribution in [0.25, 0.3) is 0 Å². The maximum atomic E-state index is 12.3. The molecule has 1 aliphatic rings. The smallest absolute Gasteiger partial charge is 0.248 e. The van der Waals surface area contributed by atoms with Crippen LogP contribution < -0.4 is 5.73 Å². The largest absolute Gasteiger partial charge is 0.367 e. The third-order valence-corrected chi connectivity index (χ3v) is 4.29. The molecule has 1 saturated heterocycles. The van der Waals surface area contributed by atoms with Gasteiger partial charge in [-0.25, -0.2) is 0 Å². The van der Waals surface area contributed by atoms with Gasteiger partial charge in [-0.2, -0.15) is 0 Å². The highest BCUT2D eigenvalue weighted by Crippen LogP contribution is 2.20. The average molecular weight is 311 g/mol. The summed E-state index contributed by atoms with van der Waals surface area (Å²) in [6.07, 6.45) is 3.16. The van der Waals surface area contributed by atoms with Crippen molar-refractivity contribution in [2.24, 2.45) is 5.73 Å². The van der Waals surface area contributed by atoms with Crippen LogP contribution in [0, 0.1) is 0 Å². The number of hydrogen-bond donors (Lipinski definition) is 1. The van der Waals surface area contributed by atoms with Gasteiger partial charge in [-0.15, -0.1) is 0 Å². The number of likely N-dealkylation sites (tertiary alicyclic amines) is 1. The summed E-state index contributed by atoms with van der Waals surface area (Å²) in [6.45, 7) is 3.16. The van der Waals surface area contributed by atoms with Crippen molar-refractivity contribution < 1.29 is 9.53 Å². The first-order chi connectivity index (χ1) is 10.1. The number of ether oxygens (including phenoxy) is 1. The van der Waals surface area contributed by atoms with Crippen molar-refractivity contribution in [3.8, 4) is 0 Å². The van der Waals surface area contributed by atoms with Gasteiger partial charge in [0.05, 0.1) is 6.61 Å². The molecule has 0 radical (unpaired) electrons. The number of hydrogen-bond acceptors (Lipinski definition) is 3. The van der Waals surface area contributed by atoms with Crippen LogP contribution in [-0.4, -0.2) is 36.0 Å². The van der Waals surface area contributed by atoms with Crippen molar-refractivity contribution in [3.05, 3.63) is 34.9 Å². The van der Waals surface area contributed by atoms with Crippen LogP contribution in [0.3, 0.4) is 0 Å². The SMILES string of the molecule is C[C@H](N)[C@H]1CCCCN1C(=O)COCc1ccccc1Cl. The summed E-state index contributed by atoms with van der Waals surface area (Å²) in [5, 5.41) is 0.663. The van der Waals surface area contributed by atoms with E-state index in [1.165, 1.54) is 0 Å². The van der Waals surface area contributed by atoms with Crippen molar-refractivity contribution >= 4 is 17.5 Å². The van der Waals surface area contributed by atoms with E-state index in [0.717, 1.165) is 31.4 Å². The average Bonchev–Trinajstić information content (AvgIpc) is 2.49.